The lowest BCUT2D eigenvalue weighted by molar-refractivity contribution is 0.549. The number of aryl methyl sites for hydroxylation is 2. The molecule has 0 saturated carbocycles. The second-order valence-corrected chi connectivity index (χ2v) is 4.80. The Morgan fingerprint density at radius 3 is 2.38 bits per heavy atom. The van der Waals surface area contributed by atoms with Gasteiger partial charge in [-0.05, 0) is 27.2 Å². The van der Waals surface area contributed by atoms with Crippen LogP contribution in [0.2, 0.25) is 0 Å². The average Bonchev–Trinajstić information content (AvgIpc) is 2.32. The number of nitrogens with two attached hydrogens (primary N) is 1. The molecule has 0 fully saturated rings. The molecule has 0 aromatic carbocycles. The maximum atomic E-state index is 5.91. The van der Waals surface area contributed by atoms with E-state index in [0.29, 0.717) is 5.92 Å². The zero-order valence-electron chi connectivity index (χ0n) is 8.79. The minimum Gasteiger partial charge on any atom is -0.327 e. The van der Waals surface area contributed by atoms with E-state index in [9.17, 15) is 0 Å². The van der Waals surface area contributed by atoms with Crippen LogP contribution >= 0.6 is 11.3 Å². The lowest BCUT2D eigenvalue weighted by Gasteiger charge is -2.15. The summed E-state index contributed by atoms with van der Waals surface area (Å²) in [5, 5.41) is 1.20. The highest BCUT2D eigenvalue weighted by Gasteiger charge is 2.18. The molecule has 0 saturated heterocycles. The van der Waals surface area contributed by atoms with E-state index in [4.69, 9.17) is 5.73 Å². The monoisotopic (exact) mass is 198 g/mol. The van der Waals surface area contributed by atoms with Gasteiger partial charge in [-0.1, -0.05) is 6.92 Å². The van der Waals surface area contributed by atoms with E-state index in [1.54, 1.807) is 11.3 Å². The highest BCUT2D eigenvalue weighted by Crippen LogP contribution is 2.28. The minimum atomic E-state index is 0.204. The van der Waals surface area contributed by atoms with Crippen LogP contribution in [-0.4, -0.2) is 11.0 Å². The zero-order chi connectivity index (χ0) is 10.0. The van der Waals surface area contributed by atoms with Crippen LogP contribution in [0.25, 0.3) is 0 Å². The van der Waals surface area contributed by atoms with Gasteiger partial charge in [-0.3, -0.25) is 0 Å². The number of thiazole rings is 1. The summed E-state index contributed by atoms with van der Waals surface area (Å²) in [5.74, 6) is 0.428. The van der Waals surface area contributed by atoms with Crippen molar-refractivity contribution in [1.82, 2.24) is 4.98 Å². The summed E-state index contributed by atoms with van der Waals surface area (Å²) in [6.07, 6.45) is 1.07. The molecular weight excluding hydrogens is 180 g/mol. The van der Waals surface area contributed by atoms with Crippen LogP contribution in [0.5, 0.6) is 0 Å². The third kappa shape index (κ3) is 2.29. The number of hydrogen-bond donors (Lipinski definition) is 1. The van der Waals surface area contributed by atoms with Gasteiger partial charge in [0.15, 0.2) is 0 Å². The number of rotatable bonds is 3. The summed E-state index contributed by atoms with van der Waals surface area (Å²) >= 11 is 1.78. The molecule has 0 aliphatic heterocycles. The first-order valence-electron chi connectivity index (χ1n) is 4.75. The van der Waals surface area contributed by atoms with Crippen LogP contribution < -0.4 is 5.73 Å². The molecular formula is C10H18N2S. The van der Waals surface area contributed by atoms with Crippen molar-refractivity contribution in [2.45, 2.75) is 46.1 Å². The van der Waals surface area contributed by atoms with Gasteiger partial charge in [-0.15, -0.1) is 11.3 Å². The maximum absolute atomic E-state index is 5.91. The molecule has 0 radical (unpaired) electrons. The van der Waals surface area contributed by atoms with Gasteiger partial charge in [0.05, 0.1) is 10.7 Å². The van der Waals surface area contributed by atoms with E-state index >= 15 is 0 Å². The summed E-state index contributed by atoms with van der Waals surface area (Å²) in [7, 11) is 0. The Kier molecular flexibility index (Phi) is 3.45. The highest BCUT2D eigenvalue weighted by molar-refractivity contribution is 7.11. The number of hydrogen-bond acceptors (Lipinski definition) is 3. The molecule has 1 aromatic heterocycles. The van der Waals surface area contributed by atoms with Crippen molar-refractivity contribution in [3.63, 3.8) is 0 Å². The van der Waals surface area contributed by atoms with E-state index < -0.39 is 0 Å². The Balaban J connectivity index is 2.92. The van der Waals surface area contributed by atoms with Crippen molar-refractivity contribution in [3.8, 4) is 0 Å². The normalized spacial score (nSPS) is 15.8. The Hall–Kier alpha value is -0.410. The van der Waals surface area contributed by atoms with Gasteiger partial charge in [-0.2, -0.15) is 0 Å². The molecule has 13 heavy (non-hydrogen) atoms. The minimum absolute atomic E-state index is 0.204. The van der Waals surface area contributed by atoms with E-state index in [-0.39, 0.29) is 6.04 Å². The van der Waals surface area contributed by atoms with Gasteiger partial charge >= 0.3 is 0 Å². The zero-order valence-corrected chi connectivity index (χ0v) is 9.61. The van der Waals surface area contributed by atoms with Crippen molar-refractivity contribution in [2.24, 2.45) is 5.73 Å². The smallest absolute Gasteiger partial charge is 0.0977 e. The molecule has 0 spiro atoms. The second kappa shape index (κ2) is 4.20. The van der Waals surface area contributed by atoms with Crippen molar-refractivity contribution < 1.29 is 0 Å². The second-order valence-electron chi connectivity index (χ2n) is 3.57. The molecule has 2 unspecified atom stereocenters. The quantitative estimate of drug-likeness (QED) is 0.811. The fraction of sp³-hybridized carbons (Fsp3) is 0.700. The van der Waals surface area contributed by atoms with Crippen molar-refractivity contribution in [1.29, 1.82) is 0 Å². The van der Waals surface area contributed by atoms with E-state index in [0.717, 1.165) is 12.1 Å². The van der Waals surface area contributed by atoms with Crippen molar-refractivity contribution in [3.05, 3.63) is 15.6 Å². The topological polar surface area (TPSA) is 38.9 Å². The molecule has 3 heteroatoms. The Morgan fingerprint density at radius 2 is 2.08 bits per heavy atom. The lowest BCUT2D eigenvalue weighted by Crippen LogP contribution is -2.24. The van der Waals surface area contributed by atoms with Crippen LogP contribution in [0, 0.1) is 13.8 Å². The summed E-state index contributed by atoms with van der Waals surface area (Å²) in [6, 6.07) is 0.204. The largest absolute Gasteiger partial charge is 0.327 e. The van der Waals surface area contributed by atoms with Gasteiger partial charge < -0.3 is 5.73 Å². The average molecular weight is 198 g/mol. The molecule has 0 aliphatic carbocycles. The summed E-state index contributed by atoms with van der Waals surface area (Å²) in [5.41, 5.74) is 7.06. The predicted octanol–water partition coefficient (Wildman–Crippen LogP) is 2.60. The van der Waals surface area contributed by atoms with Gasteiger partial charge in [0, 0.05) is 16.8 Å². The molecule has 2 N–H and O–H groups in total. The van der Waals surface area contributed by atoms with Gasteiger partial charge in [0.2, 0.25) is 0 Å². The van der Waals surface area contributed by atoms with Gasteiger partial charge in [0.1, 0.15) is 0 Å². The Labute approximate surface area is 84.2 Å². The van der Waals surface area contributed by atoms with Crippen LogP contribution in [0.15, 0.2) is 0 Å². The fourth-order valence-electron chi connectivity index (χ4n) is 1.43. The van der Waals surface area contributed by atoms with Gasteiger partial charge in [0.25, 0.3) is 0 Å². The maximum Gasteiger partial charge on any atom is 0.0977 e. The molecule has 74 valence electrons. The first-order valence-corrected chi connectivity index (χ1v) is 5.57. The highest BCUT2D eigenvalue weighted by atomic mass is 32.1. The molecule has 0 aliphatic rings. The van der Waals surface area contributed by atoms with E-state index in [1.165, 1.54) is 9.88 Å². The Bertz CT molecular complexity index is 259. The standard InChI is InChI=1S/C10H18N2S/c1-5-9(6(2)11)10-12-7(3)8(4)13-10/h6,9H,5,11H2,1-4H3. The van der Waals surface area contributed by atoms with Crippen molar-refractivity contribution >= 4 is 11.3 Å². The molecule has 1 heterocycles. The third-order valence-electron chi connectivity index (χ3n) is 2.44. The first kappa shape index (κ1) is 10.7. The van der Waals surface area contributed by atoms with E-state index in [2.05, 4.69) is 32.7 Å². The lowest BCUT2D eigenvalue weighted by atomic mass is 10.0. The fourth-order valence-corrected chi connectivity index (χ4v) is 2.65. The number of nitrogens with zero attached hydrogens (tertiary/aromatic N) is 1. The molecule has 0 amide bonds. The van der Waals surface area contributed by atoms with E-state index in [1.807, 2.05) is 0 Å². The van der Waals surface area contributed by atoms with Crippen LogP contribution in [-0.2, 0) is 0 Å². The predicted molar refractivity (Wildman–Crippen MR) is 58.3 cm³/mol. The number of aromatic nitrogens is 1. The van der Waals surface area contributed by atoms with Crippen LogP contribution in [0.3, 0.4) is 0 Å². The molecule has 1 aromatic rings. The molecule has 1 rings (SSSR count). The van der Waals surface area contributed by atoms with Crippen molar-refractivity contribution in [2.75, 3.05) is 0 Å². The van der Waals surface area contributed by atoms with Gasteiger partial charge in [-0.25, -0.2) is 4.98 Å². The summed E-state index contributed by atoms with van der Waals surface area (Å²) < 4.78 is 0. The third-order valence-corrected chi connectivity index (χ3v) is 3.64. The molecule has 2 nitrogen and oxygen atoms in total. The molecule has 0 bridgehead atoms. The summed E-state index contributed by atoms with van der Waals surface area (Å²) in [6.45, 7) is 8.40. The first-order chi connectivity index (χ1) is 6.06. The van der Waals surface area contributed by atoms with Crippen LogP contribution in [0.1, 0.15) is 41.8 Å². The summed E-state index contributed by atoms with van der Waals surface area (Å²) in [4.78, 5) is 5.86. The molecule has 2 atom stereocenters. The van der Waals surface area contributed by atoms with Crippen LogP contribution in [0.4, 0.5) is 0 Å². The Morgan fingerprint density at radius 1 is 1.46 bits per heavy atom. The SMILES string of the molecule is CCC(c1nc(C)c(C)s1)C(C)N.